The normalized spacial score (nSPS) is 16.2. The lowest BCUT2D eigenvalue weighted by Gasteiger charge is -2.22. The molecule has 0 unspecified atom stereocenters. The number of carbonyl (C=O) groups excluding carboxylic acids is 1. The Morgan fingerprint density at radius 1 is 1.25 bits per heavy atom. The van der Waals surface area contributed by atoms with Gasteiger partial charge >= 0.3 is 0 Å². The number of benzene rings is 1. The monoisotopic (exact) mass is 269 g/mol. The fraction of sp³-hybridized carbons (Fsp3) is 0.375. The second kappa shape index (κ2) is 6.01. The summed E-state index contributed by atoms with van der Waals surface area (Å²) in [5.41, 5.74) is 1.44. The maximum absolute atomic E-state index is 12.3. The fourth-order valence-corrected chi connectivity index (χ4v) is 2.71. The third-order valence-corrected chi connectivity index (χ3v) is 3.89. The molecule has 3 rings (SSSR count). The highest BCUT2D eigenvalue weighted by Crippen LogP contribution is 2.16. The van der Waals surface area contributed by atoms with Crippen molar-refractivity contribution in [3.8, 4) is 0 Å². The second-order valence-corrected chi connectivity index (χ2v) is 5.28. The first-order chi connectivity index (χ1) is 9.84. The minimum Gasteiger partial charge on any atom is -0.352 e. The van der Waals surface area contributed by atoms with Crippen molar-refractivity contribution in [1.29, 1.82) is 0 Å². The SMILES string of the molecule is O=C(NCC1CCNCC1)c1cccc2cccnc12. The van der Waals surface area contributed by atoms with Crippen LogP contribution in [0.2, 0.25) is 0 Å². The van der Waals surface area contributed by atoms with Gasteiger partial charge in [-0.15, -0.1) is 0 Å². The molecule has 0 aliphatic carbocycles. The third-order valence-electron chi connectivity index (χ3n) is 3.89. The predicted octanol–water partition coefficient (Wildman–Crippen LogP) is 1.96. The van der Waals surface area contributed by atoms with Gasteiger partial charge in [0.15, 0.2) is 0 Å². The van der Waals surface area contributed by atoms with Crippen LogP contribution < -0.4 is 10.6 Å². The summed E-state index contributed by atoms with van der Waals surface area (Å²) >= 11 is 0. The number of amides is 1. The van der Waals surface area contributed by atoms with Crippen molar-refractivity contribution >= 4 is 16.8 Å². The van der Waals surface area contributed by atoms with Crippen LogP contribution in [0, 0.1) is 5.92 Å². The fourth-order valence-electron chi connectivity index (χ4n) is 2.71. The Morgan fingerprint density at radius 2 is 2.05 bits per heavy atom. The first kappa shape index (κ1) is 13.1. The van der Waals surface area contributed by atoms with Crippen LogP contribution in [-0.2, 0) is 0 Å². The summed E-state index contributed by atoms with van der Waals surface area (Å²) < 4.78 is 0. The molecule has 1 fully saturated rings. The van der Waals surface area contributed by atoms with E-state index in [9.17, 15) is 4.79 Å². The van der Waals surface area contributed by atoms with Crippen LogP contribution in [0.5, 0.6) is 0 Å². The number of carbonyl (C=O) groups is 1. The Kier molecular flexibility index (Phi) is 3.92. The number of pyridine rings is 1. The Morgan fingerprint density at radius 3 is 2.90 bits per heavy atom. The van der Waals surface area contributed by atoms with Crippen molar-refractivity contribution in [2.45, 2.75) is 12.8 Å². The summed E-state index contributed by atoms with van der Waals surface area (Å²) in [6.07, 6.45) is 3.99. The molecule has 0 radical (unpaired) electrons. The van der Waals surface area contributed by atoms with Crippen LogP contribution in [-0.4, -0.2) is 30.5 Å². The van der Waals surface area contributed by atoms with Gasteiger partial charge in [0.2, 0.25) is 0 Å². The molecule has 1 aromatic carbocycles. The number of hydrogen-bond acceptors (Lipinski definition) is 3. The number of rotatable bonds is 3. The largest absolute Gasteiger partial charge is 0.352 e. The molecule has 0 spiro atoms. The summed E-state index contributed by atoms with van der Waals surface area (Å²) in [6.45, 7) is 2.86. The standard InChI is InChI=1S/C16H19N3O/c20-16(19-11-12-6-9-17-10-7-12)14-5-1-3-13-4-2-8-18-15(13)14/h1-5,8,12,17H,6-7,9-11H2,(H,19,20). The molecule has 4 nitrogen and oxygen atoms in total. The number of para-hydroxylation sites is 1. The molecule has 2 N–H and O–H groups in total. The van der Waals surface area contributed by atoms with Gasteiger partial charge in [-0.2, -0.15) is 0 Å². The highest BCUT2D eigenvalue weighted by molar-refractivity contribution is 6.05. The average Bonchev–Trinajstić information content (AvgIpc) is 2.53. The number of piperidine rings is 1. The molecule has 0 bridgehead atoms. The highest BCUT2D eigenvalue weighted by Gasteiger charge is 2.15. The van der Waals surface area contributed by atoms with Gasteiger partial charge < -0.3 is 10.6 Å². The highest BCUT2D eigenvalue weighted by atomic mass is 16.1. The van der Waals surface area contributed by atoms with Crippen LogP contribution >= 0.6 is 0 Å². The van der Waals surface area contributed by atoms with Crippen LogP contribution in [0.1, 0.15) is 23.2 Å². The molecular weight excluding hydrogens is 250 g/mol. The number of hydrogen-bond donors (Lipinski definition) is 2. The van der Waals surface area contributed by atoms with Crippen LogP contribution in [0.25, 0.3) is 10.9 Å². The molecule has 1 aliphatic rings. The Hall–Kier alpha value is -1.94. The summed E-state index contributed by atoms with van der Waals surface area (Å²) in [5.74, 6) is 0.566. The van der Waals surface area contributed by atoms with E-state index in [1.165, 1.54) is 0 Å². The van der Waals surface area contributed by atoms with Gasteiger partial charge in [-0.1, -0.05) is 18.2 Å². The van der Waals surface area contributed by atoms with E-state index in [-0.39, 0.29) is 5.91 Å². The summed E-state index contributed by atoms with van der Waals surface area (Å²) in [6, 6.07) is 9.59. The van der Waals surface area contributed by atoms with E-state index in [0.717, 1.165) is 43.4 Å². The zero-order valence-corrected chi connectivity index (χ0v) is 11.4. The summed E-state index contributed by atoms with van der Waals surface area (Å²) in [5, 5.41) is 7.39. The van der Waals surface area contributed by atoms with Crippen molar-refractivity contribution < 1.29 is 4.79 Å². The Balaban J connectivity index is 1.72. The van der Waals surface area contributed by atoms with Crippen molar-refractivity contribution in [3.63, 3.8) is 0 Å². The molecule has 20 heavy (non-hydrogen) atoms. The quantitative estimate of drug-likeness (QED) is 0.895. The number of nitrogens with one attached hydrogen (secondary N) is 2. The molecule has 1 saturated heterocycles. The molecule has 1 aliphatic heterocycles. The van der Waals surface area contributed by atoms with Gasteiger partial charge in [-0.25, -0.2) is 0 Å². The Bertz CT molecular complexity index is 600. The zero-order chi connectivity index (χ0) is 13.8. The molecule has 1 amide bonds. The van der Waals surface area contributed by atoms with Crippen molar-refractivity contribution in [2.75, 3.05) is 19.6 Å². The third kappa shape index (κ3) is 2.80. The van der Waals surface area contributed by atoms with Crippen molar-refractivity contribution in [2.24, 2.45) is 5.92 Å². The Labute approximate surface area is 118 Å². The lowest BCUT2D eigenvalue weighted by Crippen LogP contribution is -2.36. The molecule has 2 heterocycles. The van der Waals surface area contributed by atoms with E-state index >= 15 is 0 Å². The van der Waals surface area contributed by atoms with E-state index in [1.54, 1.807) is 6.20 Å². The van der Waals surface area contributed by atoms with Gasteiger partial charge in [0, 0.05) is 18.1 Å². The van der Waals surface area contributed by atoms with Gasteiger partial charge in [0.25, 0.3) is 5.91 Å². The lowest BCUT2D eigenvalue weighted by atomic mass is 9.98. The molecule has 0 atom stereocenters. The van der Waals surface area contributed by atoms with Crippen LogP contribution in [0.15, 0.2) is 36.5 Å². The van der Waals surface area contributed by atoms with E-state index in [2.05, 4.69) is 15.6 Å². The van der Waals surface area contributed by atoms with Crippen molar-refractivity contribution in [1.82, 2.24) is 15.6 Å². The van der Waals surface area contributed by atoms with E-state index in [0.29, 0.717) is 11.5 Å². The molecule has 104 valence electrons. The van der Waals surface area contributed by atoms with Crippen molar-refractivity contribution in [3.05, 3.63) is 42.1 Å². The average molecular weight is 269 g/mol. The summed E-state index contributed by atoms with van der Waals surface area (Å²) in [4.78, 5) is 16.7. The minimum atomic E-state index is -0.0205. The molecule has 4 heteroatoms. The first-order valence-corrected chi connectivity index (χ1v) is 7.17. The van der Waals surface area contributed by atoms with Gasteiger partial charge in [-0.3, -0.25) is 9.78 Å². The summed E-state index contributed by atoms with van der Waals surface area (Å²) in [7, 11) is 0. The number of nitrogens with zero attached hydrogens (tertiary/aromatic N) is 1. The number of aromatic nitrogens is 1. The molecule has 1 aromatic heterocycles. The minimum absolute atomic E-state index is 0.0205. The topological polar surface area (TPSA) is 54.0 Å². The maximum atomic E-state index is 12.3. The predicted molar refractivity (Wildman–Crippen MR) is 79.7 cm³/mol. The van der Waals surface area contributed by atoms with Gasteiger partial charge in [0.05, 0.1) is 11.1 Å². The number of fused-ring (bicyclic) bond motifs is 1. The van der Waals surface area contributed by atoms with E-state index in [4.69, 9.17) is 0 Å². The van der Waals surface area contributed by atoms with Gasteiger partial charge in [-0.05, 0) is 44.0 Å². The maximum Gasteiger partial charge on any atom is 0.253 e. The first-order valence-electron chi connectivity index (χ1n) is 7.17. The van der Waals surface area contributed by atoms with E-state index < -0.39 is 0 Å². The lowest BCUT2D eigenvalue weighted by molar-refractivity contribution is 0.0945. The van der Waals surface area contributed by atoms with Crippen LogP contribution in [0.3, 0.4) is 0 Å². The van der Waals surface area contributed by atoms with Gasteiger partial charge in [0.1, 0.15) is 0 Å². The molecular formula is C16H19N3O. The zero-order valence-electron chi connectivity index (χ0n) is 11.4. The van der Waals surface area contributed by atoms with E-state index in [1.807, 2.05) is 30.3 Å². The molecule has 0 saturated carbocycles. The smallest absolute Gasteiger partial charge is 0.253 e. The molecule has 2 aromatic rings. The van der Waals surface area contributed by atoms with Crippen LogP contribution in [0.4, 0.5) is 0 Å². The second-order valence-electron chi connectivity index (χ2n) is 5.28.